The molecule has 0 spiro atoms. The fourth-order valence-corrected chi connectivity index (χ4v) is 3.89. The van der Waals surface area contributed by atoms with Gasteiger partial charge in [-0.15, -0.1) is 0 Å². The summed E-state index contributed by atoms with van der Waals surface area (Å²) in [5.41, 5.74) is 2.94. The summed E-state index contributed by atoms with van der Waals surface area (Å²) < 4.78 is 5.45. The molecule has 0 unspecified atom stereocenters. The number of aryl methyl sites for hydroxylation is 2. The molecule has 0 aromatic heterocycles. The summed E-state index contributed by atoms with van der Waals surface area (Å²) >= 11 is 12.3. The number of para-hydroxylation sites is 1. The van der Waals surface area contributed by atoms with Crippen molar-refractivity contribution in [3.8, 4) is 5.75 Å². The van der Waals surface area contributed by atoms with E-state index in [0.717, 1.165) is 16.0 Å². The first-order chi connectivity index (χ1) is 15.7. The van der Waals surface area contributed by atoms with E-state index in [0.29, 0.717) is 17.0 Å². The number of benzene rings is 3. The number of esters is 1. The average molecular weight is 481 g/mol. The van der Waals surface area contributed by atoms with Gasteiger partial charge in [0, 0.05) is 5.69 Å². The number of imide groups is 1. The molecule has 0 atom stereocenters. The lowest BCUT2D eigenvalue weighted by Crippen LogP contribution is -2.32. The number of anilines is 2. The molecule has 2 amide bonds. The van der Waals surface area contributed by atoms with Crippen LogP contribution in [0.25, 0.3) is 0 Å². The molecule has 1 N–H and O–H groups in total. The van der Waals surface area contributed by atoms with Gasteiger partial charge in [0.2, 0.25) is 0 Å². The molecule has 8 heteroatoms. The Morgan fingerprint density at radius 3 is 2.15 bits per heavy atom. The Balaban J connectivity index is 1.49. The minimum Gasteiger partial charge on any atom is -0.423 e. The third-order valence-electron chi connectivity index (χ3n) is 4.92. The summed E-state index contributed by atoms with van der Waals surface area (Å²) in [4.78, 5) is 38.9. The van der Waals surface area contributed by atoms with Crippen molar-refractivity contribution >= 4 is 52.4 Å². The predicted molar refractivity (Wildman–Crippen MR) is 128 cm³/mol. The number of nitrogens with zero attached hydrogens (tertiary/aromatic N) is 1. The van der Waals surface area contributed by atoms with Crippen LogP contribution in [0, 0.1) is 13.8 Å². The first-order valence-corrected chi connectivity index (χ1v) is 10.7. The monoisotopic (exact) mass is 480 g/mol. The number of nitrogens with one attached hydrogen (secondary N) is 1. The minimum absolute atomic E-state index is 0.0767. The van der Waals surface area contributed by atoms with Crippen molar-refractivity contribution in [1.29, 1.82) is 0 Å². The van der Waals surface area contributed by atoms with Gasteiger partial charge in [0.15, 0.2) is 0 Å². The molecular formula is C25H18Cl2N2O4. The lowest BCUT2D eigenvalue weighted by atomic mass is 10.1. The molecule has 1 aliphatic heterocycles. The maximum absolute atomic E-state index is 12.9. The third-order valence-corrected chi connectivity index (χ3v) is 5.59. The topological polar surface area (TPSA) is 75.7 Å². The predicted octanol–water partition coefficient (Wildman–Crippen LogP) is 5.61. The summed E-state index contributed by atoms with van der Waals surface area (Å²) in [6.07, 6.45) is 0. The van der Waals surface area contributed by atoms with E-state index in [1.807, 2.05) is 19.9 Å². The number of ether oxygens (including phenoxy) is 1. The molecule has 3 aromatic rings. The molecule has 1 aliphatic rings. The summed E-state index contributed by atoms with van der Waals surface area (Å²) in [5, 5.41) is 2.86. The minimum atomic E-state index is -0.675. The lowest BCUT2D eigenvalue weighted by molar-refractivity contribution is -0.120. The SMILES string of the molecule is Cc1cc(C)cc(OC(=O)c2ccc(NC3=C(Cl)C(=O)N(c4ccccc4Cl)C3=O)cc2)c1. The first-order valence-electron chi connectivity index (χ1n) is 9.95. The van der Waals surface area contributed by atoms with Crippen LogP contribution in [0.15, 0.2) is 77.5 Å². The van der Waals surface area contributed by atoms with Crippen molar-refractivity contribution in [2.24, 2.45) is 0 Å². The van der Waals surface area contributed by atoms with Gasteiger partial charge in [0.05, 0.1) is 16.3 Å². The van der Waals surface area contributed by atoms with Crippen molar-refractivity contribution in [3.63, 3.8) is 0 Å². The van der Waals surface area contributed by atoms with Gasteiger partial charge >= 0.3 is 5.97 Å². The molecule has 0 saturated carbocycles. The Hall–Kier alpha value is -3.61. The molecule has 6 nitrogen and oxygen atoms in total. The standard InChI is InChI=1S/C25H18Cl2N2O4/c1-14-11-15(2)13-18(12-14)33-25(32)16-7-9-17(10-8-16)28-22-21(27)23(30)29(24(22)31)20-6-4-3-5-19(20)26/h3-13,28H,1-2H3. The smallest absolute Gasteiger partial charge is 0.343 e. The molecule has 1 heterocycles. The molecule has 166 valence electrons. The van der Waals surface area contributed by atoms with Crippen LogP contribution in [0.4, 0.5) is 11.4 Å². The van der Waals surface area contributed by atoms with Gasteiger partial charge in [-0.3, -0.25) is 9.59 Å². The number of hydrogen-bond donors (Lipinski definition) is 1. The van der Waals surface area contributed by atoms with E-state index in [-0.39, 0.29) is 21.4 Å². The van der Waals surface area contributed by atoms with Gasteiger partial charge in [-0.05, 0) is 73.5 Å². The second-order valence-electron chi connectivity index (χ2n) is 7.50. The van der Waals surface area contributed by atoms with E-state index < -0.39 is 17.8 Å². The van der Waals surface area contributed by atoms with Gasteiger partial charge < -0.3 is 10.1 Å². The van der Waals surface area contributed by atoms with Crippen LogP contribution in [0.1, 0.15) is 21.5 Å². The molecule has 3 aromatic carbocycles. The normalized spacial score (nSPS) is 13.5. The number of halogens is 2. The molecule has 0 radical (unpaired) electrons. The molecule has 0 aliphatic carbocycles. The van der Waals surface area contributed by atoms with E-state index in [4.69, 9.17) is 27.9 Å². The Morgan fingerprint density at radius 1 is 0.879 bits per heavy atom. The van der Waals surface area contributed by atoms with Crippen molar-refractivity contribution in [2.75, 3.05) is 10.2 Å². The number of rotatable bonds is 5. The zero-order valence-electron chi connectivity index (χ0n) is 17.7. The Kier molecular flexibility index (Phi) is 6.22. The summed E-state index contributed by atoms with van der Waals surface area (Å²) in [7, 11) is 0. The summed E-state index contributed by atoms with van der Waals surface area (Å²) in [5.74, 6) is -1.35. The second-order valence-corrected chi connectivity index (χ2v) is 8.29. The van der Waals surface area contributed by atoms with E-state index in [9.17, 15) is 14.4 Å². The first kappa shape index (κ1) is 22.6. The zero-order chi connectivity index (χ0) is 23.7. The Labute approximate surface area is 200 Å². The number of carbonyl (C=O) groups excluding carboxylic acids is 3. The molecule has 0 bridgehead atoms. The Bertz CT molecular complexity index is 1300. The highest BCUT2D eigenvalue weighted by Crippen LogP contribution is 2.34. The van der Waals surface area contributed by atoms with Gasteiger partial charge in [-0.1, -0.05) is 41.4 Å². The van der Waals surface area contributed by atoms with Gasteiger partial charge in [-0.25, -0.2) is 9.69 Å². The van der Waals surface area contributed by atoms with Crippen LogP contribution in [0.5, 0.6) is 5.75 Å². The number of amides is 2. The van der Waals surface area contributed by atoms with Crippen molar-refractivity contribution in [1.82, 2.24) is 0 Å². The van der Waals surface area contributed by atoms with Crippen molar-refractivity contribution < 1.29 is 19.1 Å². The highest BCUT2D eigenvalue weighted by molar-refractivity contribution is 6.53. The maximum atomic E-state index is 12.9. The molecule has 0 fully saturated rings. The van der Waals surface area contributed by atoms with E-state index in [2.05, 4.69) is 5.32 Å². The largest absolute Gasteiger partial charge is 0.423 e. The fraction of sp³-hybridized carbons (Fsp3) is 0.0800. The molecule has 4 rings (SSSR count). The molecule has 0 saturated heterocycles. The van der Waals surface area contributed by atoms with Crippen LogP contribution >= 0.6 is 23.2 Å². The second kappa shape index (κ2) is 9.10. The summed E-state index contributed by atoms with van der Waals surface area (Å²) in [6.45, 7) is 3.85. The highest BCUT2D eigenvalue weighted by atomic mass is 35.5. The maximum Gasteiger partial charge on any atom is 0.343 e. The van der Waals surface area contributed by atoms with Crippen LogP contribution in [0.2, 0.25) is 5.02 Å². The van der Waals surface area contributed by atoms with Gasteiger partial charge in [-0.2, -0.15) is 0 Å². The van der Waals surface area contributed by atoms with Crippen LogP contribution in [0.3, 0.4) is 0 Å². The van der Waals surface area contributed by atoms with E-state index in [1.54, 1.807) is 60.7 Å². The van der Waals surface area contributed by atoms with Crippen LogP contribution in [-0.2, 0) is 9.59 Å². The number of carbonyl (C=O) groups is 3. The zero-order valence-corrected chi connectivity index (χ0v) is 19.2. The van der Waals surface area contributed by atoms with E-state index >= 15 is 0 Å². The van der Waals surface area contributed by atoms with Crippen LogP contribution in [-0.4, -0.2) is 17.8 Å². The van der Waals surface area contributed by atoms with Gasteiger partial charge in [0.25, 0.3) is 11.8 Å². The van der Waals surface area contributed by atoms with Crippen molar-refractivity contribution in [2.45, 2.75) is 13.8 Å². The quantitative estimate of drug-likeness (QED) is 0.291. The average Bonchev–Trinajstić information content (AvgIpc) is 2.97. The van der Waals surface area contributed by atoms with Crippen molar-refractivity contribution in [3.05, 3.63) is 99.2 Å². The lowest BCUT2D eigenvalue weighted by Gasteiger charge is -2.16. The molecular weight excluding hydrogens is 463 g/mol. The van der Waals surface area contributed by atoms with E-state index in [1.165, 1.54) is 0 Å². The van der Waals surface area contributed by atoms with Crippen LogP contribution < -0.4 is 15.0 Å². The Morgan fingerprint density at radius 2 is 1.52 bits per heavy atom. The number of hydrogen-bond acceptors (Lipinski definition) is 5. The molecule has 33 heavy (non-hydrogen) atoms. The summed E-state index contributed by atoms with van der Waals surface area (Å²) in [6, 6.07) is 18.3. The third kappa shape index (κ3) is 4.62. The fourth-order valence-electron chi connectivity index (χ4n) is 3.45. The highest BCUT2D eigenvalue weighted by Gasteiger charge is 2.39. The van der Waals surface area contributed by atoms with Gasteiger partial charge in [0.1, 0.15) is 16.5 Å².